The van der Waals surface area contributed by atoms with Gasteiger partial charge in [-0.2, -0.15) is 5.10 Å². The number of ether oxygens (including phenoxy) is 1. The molecule has 0 radical (unpaired) electrons. The van der Waals surface area contributed by atoms with Gasteiger partial charge in [-0.1, -0.05) is 24.3 Å². The highest BCUT2D eigenvalue weighted by atomic mass is 32.1. The summed E-state index contributed by atoms with van der Waals surface area (Å²) in [7, 11) is 1.55. The summed E-state index contributed by atoms with van der Waals surface area (Å²) in [6.07, 6.45) is 1.59. The Morgan fingerprint density at radius 3 is 2.62 bits per heavy atom. The molecule has 0 unspecified atom stereocenters. The van der Waals surface area contributed by atoms with E-state index < -0.39 is 0 Å². The van der Waals surface area contributed by atoms with Crippen molar-refractivity contribution in [2.45, 2.75) is 0 Å². The quantitative estimate of drug-likeness (QED) is 0.518. The summed E-state index contributed by atoms with van der Waals surface area (Å²) < 4.78 is 18.6. The lowest BCUT2D eigenvalue weighted by atomic mass is 10.0. The first-order valence-electron chi connectivity index (χ1n) is 6.12. The first-order chi connectivity index (χ1) is 10.1. The molecule has 4 nitrogen and oxygen atoms in total. The largest absolute Gasteiger partial charge is 0.496 e. The maximum absolute atomic E-state index is 13.4. The fourth-order valence-corrected chi connectivity index (χ4v) is 1.88. The number of nitrogens with one attached hydrogen (secondary N) is 1. The smallest absolute Gasteiger partial charge is 0.184 e. The molecule has 0 aliphatic carbocycles. The van der Waals surface area contributed by atoms with Crippen LogP contribution in [-0.2, 0) is 0 Å². The summed E-state index contributed by atoms with van der Waals surface area (Å²) in [5.41, 5.74) is 10.1. The number of hydrogen-bond donors (Lipinski definition) is 2. The fraction of sp³-hybridized carbons (Fsp3) is 0.0667. The highest BCUT2D eigenvalue weighted by Gasteiger charge is 2.07. The summed E-state index contributed by atoms with van der Waals surface area (Å²) in [5.74, 6) is 0.310. The molecule has 0 aliphatic rings. The second-order valence-corrected chi connectivity index (χ2v) is 4.64. The highest BCUT2D eigenvalue weighted by Crippen LogP contribution is 2.30. The predicted octanol–water partition coefficient (Wildman–Crippen LogP) is 2.67. The Morgan fingerprint density at radius 2 is 2.00 bits per heavy atom. The van der Waals surface area contributed by atoms with Crippen LogP contribution in [0.1, 0.15) is 5.56 Å². The van der Waals surface area contributed by atoms with Gasteiger partial charge < -0.3 is 10.5 Å². The Balaban J connectivity index is 2.25. The first kappa shape index (κ1) is 14.9. The van der Waals surface area contributed by atoms with E-state index in [1.54, 1.807) is 19.4 Å². The Morgan fingerprint density at radius 1 is 1.29 bits per heavy atom. The van der Waals surface area contributed by atoms with Crippen LogP contribution in [-0.4, -0.2) is 18.4 Å². The third-order valence-electron chi connectivity index (χ3n) is 2.77. The molecule has 0 amide bonds. The van der Waals surface area contributed by atoms with Gasteiger partial charge in [0, 0.05) is 5.56 Å². The molecule has 6 heteroatoms. The van der Waals surface area contributed by atoms with Crippen LogP contribution in [0.5, 0.6) is 5.75 Å². The number of rotatable bonds is 4. The molecular weight excluding hydrogens is 289 g/mol. The van der Waals surface area contributed by atoms with Crippen LogP contribution in [0.4, 0.5) is 4.39 Å². The lowest BCUT2D eigenvalue weighted by Crippen LogP contribution is -2.23. The minimum atomic E-state index is -0.308. The van der Waals surface area contributed by atoms with Gasteiger partial charge in [-0.3, -0.25) is 5.43 Å². The van der Waals surface area contributed by atoms with Crippen LogP contribution in [0.15, 0.2) is 47.6 Å². The molecule has 0 bridgehead atoms. The van der Waals surface area contributed by atoms with E-state index in [-0.39, 0.29) is 10.9 Å². The molecule has 2 rings (SSSR count). The number of nitrogens with two attached hydrogens (primary N) is 1. The van der Waals surface area contributed by atoms with E-state index in [1.807, 2.05) is 24.3 Å². The van der Waals surface area contributed by atoms with Crippen molar-refractivity contribution in [3.8, 4) is 16.9 Å². The number of hydrogen-bond acceptors (Lipinski definition) is 3. The van der Waals surface area contributed by atoms with Gasteiger partial charge >= 0.3 is 0 Å². The van der Waals surface area contributed by atoms with Crippen molar-refractivity contribution < 1.29 is 9.13 Å². The molecule has 108 valence electrons. The second kappa shape index (κ2) is 6.81. The summed E-state index contributed by atoms with van der Waals surface area (Å²) in [4.78, 5) is 0. The predicted molar refractivity (Wildman–Crippen MR) is 85.9 cm³/mol. The van der Waals surface area contributed by atoms with Gasteiger partial charge in [-0.25, -0.2) is 4.39 Å². The van der Waals surface area contributed by atoms with Crippen molar-refractivity contribution in [3.63, 3.8) is 0 Å². The van der Waals surface area contributed by atoms with E-state index in [9.17, 15) is 4.39 Å². The van der Waals surface area contributed by atoms with Crippen molar-refractivity contribution in [1.29, 1.82) is 0 Å². The molecule has 2 aromatic rings. The summed E-state index contributed by atoms with van der Waals surface area (Å²) in [5, 5.41) is 3.97. The SMILES string of the molecule is COc1ccc(F)cc1-c1ccc(C=NNC(N)=S)cc1. The molecule has 21 heavy (non-hydrogen) atoms. The highest BCUT2D eigenvalue weighted by molar-refractivity contribution is 7.80. The molecule has 0 spiro atoms. The Hall–Kier alpha value is -2.47. The monoisotopic (exact) mass is 303 g/mol. The third kappa shape index (κ3) is 4.00. The average Bonchev–Trinajstić information content (AvgIpc) is 2.47. The van der Waals surface area contributed by atoms with Crippen molar-refractivity contribution in [2.75, 3.05) is 7.11 Å². The zero-order valence-corrected chi connectivity index (χ0v) is 12.2. The minimum absolute atomic E-state index is 0.104. The third-order valence-corrected chi connectivity index (χ3v) is 2.86. The Bertz CT molecular complexity index is 671. The normalized spacial score (nSPS) is 10.6. The molecule has 0 fully saturated rings. The maximum atomic E-state index is 13.4. The second-order valence-electron chi connectivity index (χ2n) is 4.20. The van der Waals surface area contributed by atoms with Gasteiger partial charge in [0.2, 0.25) is 0 Å². The van der Waals surface area contributed by atoms with Crippen LogP contribution in [0.3, 0.4) is 0 Å². The van der Waals surface area contributed by atoms with Gasteiger partial charge in [-0.05, 0) is 41.5 Å². The number of methoxy groups -OCH3 is 1. The van der Waals surface area contributed by atoms with Crippen LogP contribution < -0.4 is 15.9 Å². The van der Waals surface area contributed by atoms with Gasteiger partial charge in [0.15, 0.2) is 5.11 Å². The van der Waals surface area contributed by atoms with E-state index in [0.717, 1.165) is 11.1 Å². The lowest BCUT2D eigenvalue weighted by Gasteiger charge is -2.09. The van der Waals surface area contributed by atoms with Crippen LogP contribution >= 0.6 is 12.2 Å². The van der Waals surface area contributed by atoms with E-state index in [1.165, 1.54) is 12.1 Å². The number of benzene rings is 2. The van der Waals surface area contributed by atoms with Crippen molar-refractivity contribution in [2.24, 2.45) is 10.8 Å². The van der Waals surface area contributed by atoms with Gasteiger partial charge in [0.1, 0.15) is 11.6 Å². The first-order valence-corrected chi connectivity index (χ1v) is 6.53. The molecule has 0 saturated heterocycles. The standard InChI is InChI=1S/C15H14FN3OS/c1-20-14-7-6-12(16)8-13(14)11-4-2-10(3-5-11)9-18-19-15(17)21/h2-9H,1H3,(H3,17,19,21). The van der Waals surface area contributed by atoms with Crippen molar-refractivity contribution >= 4 is 23.5 Å². The zero-order chi connectivity index (χ0) is 15.2. The van der Waals surface area contributed by atoms with Gasteiger partial charge in [-0.15, -0.1) is 0 Å². The number of hydrazone groups is 1. The molecule has 0 atom stereocenters. The molecule has 3 N–H and O–H groups in total. The number of nitrogens with zero attached hydrogens (tertiary/aromatic N) is 1. The van der Waals surface area contributed by atoms with Crippen molar-refractivity contribution in [3.05, 3.63) is 53.8 Å². The van der Waals surface area contributed by atoms with Crippen molar-refractivity contribution in [1.82, 2.24) is 5.43 Å². The zero-order valence-electron chi connectivity index (χ0n) is 11.3. The molecule has 0 aromatic heterocycles. The maximum Gasteiger partial charge on any atom is 0.184 e. The number of thiocarbonyl (C=S) groups is 1. The molecule has 0 aliphatic heterocycles. The fourth-order valence-electron chi connectivity index (χ4n) is 1.82. The van der Waals surface area contributed by atoms with E-state index in [0.29, 0.717) is 11.3 Å². The van der Waals surface area contributed by atoms with Crippen LogP contribution in [0, 0.1) is 5.82 Å². The molecular formula is C15H14FN3OS. The molecule has 0 saturated carbocycles. The topological polar surface area (TPSA) is 59.6 Å². The van der Waals surface area contributed by atoms with E-state index in [2.05, 4.69) is 22.7 Å². The molecule has 0 heterocycles. The lowest BCUT2D eigenvalue weighted by molar-refractivity contribution is 0.415. The Kier molecular flexibility index (Phi) is 4.84. The van der Waals surface area contributed by atoms with Gasteiger partial charge in [0.25, 0.3) is 0 Å². The summed E-state index contributed by atoms with van der Waals surface area (Å²) in [6.45, 7) is 0. The summed E-state index contributed by atoms with van der Waals surface area (Å²) in [6, 6.07) is 11.8. The summed E-state index contributed by atoms with van der Waals surface area (Å²) >= 11 is 4.64. The van der Waals surface area contributed by atoms with E-state index in [4.69, 9.17) is 10.5 Å². The van der Waals surface area contributed by atoms with E-state index >= 15 is 0 Å². The Labute approximate surface area is 127 Å². The van der Waals surface area contributed by atoms with Gasteiger partial charge in [0.05, 0.1) is 13.3 Å². The van der Waals surface area contributed by atoms with Crippen LogP contribution in [0.2, 0.25) is 0 Å². The average molecular weight is 303 g/mol. The molecule has 2 aromatic carbocycles. The number of halogens is 1. The minimum Gasteiger partial charge on any atom is -0.496 e. The van der Waals surface area contributed by atoms with Crippen LogP contribution in [0.25, 0.3) is 11.1 Å².